The highest BCUT2D eigenvalue weighted by molar-refractivity contribution is 7.99. The minimum atomic E-state index is -0.621. The van der Waals surface area contributed by atoms with Crippen molar-refractivity contribution in [3.8, 4) is 22.6 Å². The van der Waals surface area contributed by atoms with Crippen LogP contribution < -0.4 is 5.43 Å². The Balaban J connectivity index is 1.91. The normalized spacial score (nSPS) is 10.5. The lowest BCUT2D eigenvalue weighted by molar-refractivity contribution is 0.401. The molecule has 0 atom stereocenters. The van der Waals surface area contributed by atoms with E-state index in [1.807, 2.05) is 42.5 Å². The van der Waals surface area contributed by atoms with Gasteiger partial charge in [-0.1, -0.05) is 54.2 Å². The molecule has 0 aromatic heterocycles. The second-order valence-corrected chi connectivity index (χ2v) is 6.54. The van der Waals surface area contributed by atoms with Gasteiger partial charge >= 0.3 is 0 Å². The van der Waals surface area contributed by atoms with Crippen molar-refractivity contribution < 1.29 is 10.2 Å². The van der Waals surface area contributed by atoms with E-state index in [-0.39, 0.29) is 0 Å². The lowest BCUT2D eigenvalue weighted by atomic mass is 10.1. The van der Waals surface area contributed by atoms with E-state index < -0.39 is 16.9 Å². The molecule has 3 aromatic rings. The van der Waals surface area contributed by atoms with Gasteiger partial charge in [0.05, 0.1) is 0 Å². The summed E-state index contributed by atoms with van der Waals surface area (Å²) in [6.45, 7) is 1.78. The molecule has 0 aliphatic carbocycles. The predicted octanol–water partition coefficient (Wildman–Crippen LogP) is 4.58. The van der Waals surface area contributed by atoms with Gasteiger partial charge in [-0.25, -0.2) is 0 Å². The molecule has 3 nitrogen and oxygen atoms in total. The maximum atomic E-state index is 11.6. The monoisotopic (exact) mass is 336 g/mol. The third kappa shape index (κ3) is 3.44. The minimum absolute atomic E-state index is 0.406. The van der Waals surface area contributed by atoms with Gasteiger partial charge in [-0.05, 0) is 47.9 Å². The molecule has 0 bridgehead atoms. The molecule has 120 valence electrons. The van der Waals surface area contributed by atoms with Crippen LogP contribution >= 0.6 is 11.8 Å². The van der Waals surface area contributed by atoms with Gasteiger partial charge in [-0.15, -0.1) is 0 Å². The fourth-order valence-electron chi connectivity index (χ4n) is 2.35. The first-order chi connectivity index (χ1) is 11.5. The first kappa shape index (κ1) is 16.1. The number of aromatic hydroxyl groups is 2. The zero-order valence-corrected chi connectivity index (χ0v) is 13.9. The van der Waals surface area contributed by atoms with Crippen molar-refractivity contribution in [2.75, 3.05) is 0 Å². The Morgan fingerprint density at radius 2 is 1.46 bits per heavy atom. The molecule has 4 heteroatoms. The van der Waals surface area contributed by atoms with Gasteiger partial charge in [-0.3, -0.25) is 4.79 Å². The molecule has 0 aliphatic heterocycles. The van der Waals surface area contributed by atoms with Crippen LogP contribution in [0.15, 0.2) is 81.3 Å². The van der Waals surface area contributed by atoms with Crippen LogP contribution in [-0.2, 0) is 0 Å². The Bertz CT molecular complexity index is 920. The zero-order chi connectivity index (χ0) is 17.1. The highest BCUT2D eigenvalue weighted by Gasteiger charge is 2.08. The van der Waals surface area contributed by atoms with Gasteiger partial charge in [0.15, 0.2) is 5.75 Å². The van der Waals surface area contributed by atoms with Crippen LogP contribution in [0.1, 0.15) is 5.56 Å². The Labute approximate surface area is 144 Å². The molecule has 3 aromatic carbocycles. The van der Waals surface area contributed by atoms with Crippen molar-refractivity contribution in [3.63, 3.8) is 0 Å². The quantitative estimate of drug-likeness (QED) is 0.735. The van der Waals surface area contributed by atoms with Crippen LogP contribution in [0, 0.1) is 6.92 Å². The molecule has 0 saturated carbocycles. The van der Waals surface area contributed by atoms with E-state index in [2.05, 4.69) is 12.1 Å². The van der Waals surface area contributed by atoms with Gasteiger partial charge in [0.2, 0.25) is 11.2 Å². The summed E-state index contributed by atoms with van der Waals surface area (Å²) in [6, 6.07) is 20.9. The molecule has 0 radical (unpaired) electrons. The second kappa shape index (κ2) is 6.81. The van der Waals surface area contributed by atoms with Gasteiger partial charge in [0, 0.05) is 9.79 Å². The summed E-state index contributed by atoms with van der Waals surface area (Å²) in [7, 11) is 0. The Kier molecular flexibility index (Phi) is 4.58. The molecule has 3 rings (SSSR count). The molecule has 0 amide bonds. The number of aryl methyl sites for hydroxylation is 1. The third-order valence-electron chi connectivity index (χ3n) is 3.67. The average Bonchev–Trinajstić information content (AvgIpc) is 2.69. The third-order valence-corrected chi connectivity index (χ3v) is 4.84. The Morgan fingerprint density at radius 1 is 0.833 bits per heavy atom. The van der Waals surface area contributed by atoms with E-state index in [1.54, 1.807) is 6.92 Å². The second-order valence-electron chi connectivity index (χ2n) is 5.43. The number of hydrogen-bond acceptors (Lipinski definition) is 4. The van der Waals surface area contributed by atoms with Crippen LogP contribution in [0.25, 0.3) is 11.1 Å². The first-order valence-electron chi connectivity index (χ1n) is 7.45. The summed E-state index contributed by atoms with van der Waals surface area (Å²) in [4.78, 5) is 13.3. The summed E-state index contributed by atoms with van der Waals surface area (Å²) < 4.78 is 0. The summed E-state index contributed by atoms with van der Waals surface area (Å²) in [5, 5.41) is 19.3. The topological polar surface area (TPSA) is 57.5 Å². The van der Waals surface area contributed by atoms with Crippen LogP contribution in [0.3, 0.4) is 0 Å². The Morgan fingerprint density at radius 3 is 2.12 bits per heavy atom. The number of benzene rings is 2. The van der Waals surface area contributed by atoms with E-state index >= 15 is 0 Å². The maximum absolute atomic E-state index is 11.6. The summed E-state index contributed by atoms with van der Waals surface area (Å²) in [5.74, 6) is -1.03. The lowest BCUT2D eigenvalue weighted by Crippen LogP contribution is -1.93. The molecule has 0 heterocycles. The molecule has 0 aliphatic rings. The van der Waals surface area contributed by atoms with Crippen molar-refractivity contribution in [3.05, 3.63) is 82.5 Å². The van der Waals surface area contributed by atoms with Crippen molar-refractivity contribution in [1.29, 1.82) is 0 Å². The smallest absolute Gasteiger partial charge is 0.224 e. The molecular weight excluding hydrogens is 320 g/mol. The SMILES string of the molecule is Cc1cc(=O)c(O)c(O)cc1Sc1ccc(-c2ccccc2)cc1. The van der Waals surface area contributed by atoms with Crippen LogP contribution in [0.5, 0.6) is 11.5 Å². The van der Waals surface area contributed by atoms with E-state index in [1.165, 1.54) is 23.9 Å². The fourth-order valence-corrected chi connectivity index (χ4v) is 3.27. The summed E-state index contributed by atoms with van der Waals surface area (Å²) in [6.07, 6.45) is 0. The van der Waals surface area contributed by atoms with Crippen LogP contribution in [-0.4, -0.2) is 10.2 Å². The molecule has 0 spiro atoms. The molecule has 24 heavy (non-hydrogen) atoms. The largest absolute Gasteiger partial charge is 0.504 e. The summed E-state index contributed by atoms with van der Waals surface area (Å²) in [5.41, 5.74) is 2.39. The number of rotatable bonds is 3. The zero-order valence-electron chi connectivity index (χ0n) is 13.1. The molecule has 0 fully saturated rings. The van der Waals surface area contributed by atoms with Crippen LogP contribution in [0.4, 0.5) is 0 Å². The summed E-state index contributed by atoms with van der Waals surface area (Å²) >= 11 is 1.43. The lowest BCUT2D eigenvalue weighted by Gasteiger charge is -2.05. The van der Waals surface area contributed by atoms with Gasteiger partial charge < -0.3 is 10.2 Å². The van der Waals surface area contributed by atoms with E-state index in [0.717, 1.165) is 20.9 Å². The maximum Gasteiger partial charge on any atom is 0.224 e. The molecule has 0 unspecified atom stereocenters. The van der Waals surface area contributed by atoms with Crippen molar-refractivity contribution in [2.24, 2.45) is 0 Å². The van der Waals surface area contributed by atoms with E-state index in [4.69, 9.17) is 0 Å². The van der Waals surface area contributed by atoms with E-state index in [0.29, 0.717) is 5.56 Å². The Hall–Kier alpha value is -2.72. The first-order valence-corrected chi connectivity index (χ1v) is 8.26. The van der Waals surface area contributed by atoms with Crippen molar-refractivity contribution in [1.82, 2.24) is 0 Å². The van der Waals surface area contributed by atoms with Crippen molar-refractivity contribution in [2.45, 2.75) is 16.7 Å². The highest BCUT2D eigenvalue weighted by atomic mass is 32.2. The van der Waals surface area contributed by atoms with Crippen LogP contribution in [0.2, 0.25) is 0 Å². The highest BCUT2D eigenvalue weighted by Crippen LogP contribution is 2.34. The van der Waals surface area contributed by atoms with Gasteiger partial charge in [-0.2, -0.15) is 0 Å². The molecule has 2 N–H and O–H groups in total. The standard InChI is InChI=1S/C20H16O3S/c1-13-11-17(21)20(23)18(22)12-19(13)24-16-9-7-15(8-10-16)14-5-3-2-4-6-14/h2-12H,1H3,(H2,21,22,23). The van der Waals surface area contributed by atoms with Gasteiger partial charge in [0.1, 0.15) is 0 Å². The molecule has 0 saturated heterocycles. The average molecular weight is 336 g/mol. The van der Waals surface area contributed by atoms with Crippen molar-refractivity contribution >= 4 is 11.8 Å². The number of hydrogen-bond donors (Lipinski definition) is 2. The van der Waals surface area contributed by atoms with E-state index in [9.17, 15) is 15.0 Å². The predicted molar refractivity (Wildman–Crippen MR) is 96.8 cm³/mol. The fraction of sp³-hybridized carbons (Fsp3) is 0.0500. The van der Waals surface area contributed by atoms with Gasteiger partial charge in [0.25, 0.3) is 0 Å². The molecular formula is C20H16O3S. The minimum Gasteiger partial charge on any atom is -0.504 e.